The van der Waals surface area contributed by atoms with E-state index in [4.69, 9.17) is 4.74 Å². The Balaban J connectivity index is 3.35. The van der Waals surface area contributed by atoms with Crippen molar-refractivity contribution < 1.29 is 24.5 Å². The van der Waals surface area contributed by atoms with Crippen LogP contribution in [0.25, 0.3) is 0 Å². The minimum Gasteiger partial charge on any atom is -0.466 e. The second kappa shape index (κ2) is 50.5. The summed E-state index contributed by atoms with van der Waals surface area (Å²) in [6, 6.07) is -0.542. The third-order valence-corrected chi connectivity index (χ3v) is 12.9. The van der Waals surface area contributed by atoms with Gasteiger partial charge in [-0.25, -0.2) is 0 Å². The fourth-order valence-corrected chi connectivity index (χ4v) is 8.70. The molecule has 0 aliphatic heterocycles. The highest BCUT2D eigenvalue weighted by atomic mass is 16.5. The topological polar surface area (TPSA) is 95.9 Å². The van der Waals surface area contributed by atoms with Crippen LogP contribution in [0.2, 0.25) is 0 Å². The summed E-state index contributed by atoms with van der Waals surface area (Å²) in [5, 5.41) is 23.1. The Labute approximate surface area is 375 Å². The standard InChI is InChI=1S/C54H107NO5/c1-3-5-7-9-11-13-14-15-16-18-22-25-28-32-36-40-44-48-54(59)60-49-45-41-37-33-29-26-23-20-17-19-21-24-27-31-35-39-43-47-53(58)55-51(50-56)52(57)46-42-38-34-30-12-10-8-6-4-2/h51-52,56-57H,3-50H2,1-2H3,(H,55,58). The van der Waals surface area contributed by atoms with Gasteiger partial charge < -0.3 is 20.3 Å². The number of aliphatic hydroxyl groups is 2. The Kier molecular flexibility index (Phi) is 49.5. The molecule has 2 atom stereocenters. The van der Waals surface area contributed by atoms with Gasteiger partial charge in [-0.15, -0.1) is 0 Å². The van der Waals surface area contributed by atoms with E-state index >= 15 is 0 Å². The molecule has 3 N–H and O–H groups in total. The number of esters is 1. The second-order valence-electron chi connectivity index (χ2n) is 18.9. The molecule has 0 saturated carbocycles. The first kappa shape index (κ1) is 58.9. The van der Waals surface area contributed by atoms with E-state index in [1.807, 2.05) is 0 Å². The summed E-state index contributed by atoms with van der Waals surface area (Å²) < 4.78 is 5.48. The Morgan fingerprint density at radius 1 is 0.400 bits per heavy atom. The molecule has 0 bridgehead atoms. The number of unbranched alkanes of at least 4 members (excludes halogenated alkanes) is 40. The zero-order chi connectivity index (χ0) is 43.7. The average molecular weight is 850 g/mol. The molecule has 1 amide bonds. The SMILES string of the molecule is CCCCCCCCCCCCCCCCCCCC(=O)OCCCCCCCCCCCCCCCCCCCC(=O)NC(CO)C(O)CCCCCCCCCCC. The lowest BCUT2D eigenvalue weighted by molar-refractivity contribution is -0.143. The van der Waals surface area contributed by atoms with Crippen LogP contribution in [-0.2, 0) is 14.3 Å². The lowest BCUT2D eigenvalue weighted by atomic mass is 10.0. The van der Waals surface area contributed by atoms with Gasteiger partial charge in [-0.3, -0.25) is 9.59 Å². The van der Waals surface area contributed by atoms with Crippen molar-refractivity contribution in [3.05, 3.63) is 0 Å². The molecule has 0 aliphatic rings. The smallest absolute Gasteiger partial charge is 0.305 e. The van der Waals surface area contributed by atoms with Gasteiger partial charge >= 0.3 is 5.97 Å². The summed E-state index contributed by atoms with van der Waals surface area (Å²) in [4.78, 5) is 24.5. The fraction of sp³-hybridized carbons (Fsp3) is 0.963. The van der Waals surface area contributed by atoms with Crippen LogP contribution in [-0.4, -0.2) is 47.4 Å². The van der Waals surface area contributed by atoms with E-state index in [-0.39, 0.29) is 18.5 Å². The maximum absolute atomic E-state index is 12.4. The lowest BCUT2D eigenvalue weighted by Crippen LogP contribution is -2.45. The fourth-order valence-electron chi connectivity index (χ4n) is 8.70. The monoisotopic (exact) mass is 850 g/mol. The van der Waals surface area contributed by atoms with Crippen LogP contribution in [0.5, 0.6) is 0 Å². The molecule has 0 aromatic rings. The third-order valence-electron chi connectivity index (χ3n) is 12.9. The Morgan fingerprint density at radius 3 is 1.02 bits per heavy atom. The molecule has 6 heteroatoms. The Bertz CT molecular complexity index is 852. The van der Waals surface area contributed by atoms with Gasteiger partial charge in [0.05, 0.1) is 25.4 Å². The molecule has 0 rings (SSSR count). The summed E-state index contributed by atoms with van der Waals surface area (Å²) in [5.74, 6) is -0.0316. The molecule has 2 unspecified atom stereocenters. The first-order valence-electron chi connectivity index (χ1n) is 27.3. The number of carbonyl (C=O) groups is 2. The number of ether oxygens (including phenoxy) is 1. The van der Waals surface area contributed by atoms with Gasteiger partial charge in [-0.1, -0.05) is 271 Å². The van der Waals surface area contributed by atoms with Crippen LogP contribution >= 0.6 is 0 Å². The predicted molar refractivity (Wildman–Crippen MR) is 260 cm³/mol. The molecule has 0 saturated heterocycles. The van der Waals surface area contributed by atoms with Gasteiger partial charge in [0.2, 0.25) is 5.91 Å². The summed E-state index contributed by atoms with van der Waals surface area (Å²) in [5.41, 5.74) is 0. The molecule has 0 aromatic heterocycles. The molecule has 0 fully saturated rings. The van der Waals surface area contributed by atoms with Crippen molar-refractivity contribution >= 4 is 11.9 Å². The largest absolute Gasteiger partial charge is 0.466 e. The third kappa shape index (κ3) is 46.4. The van der Waals surface area contributed by atoms with Crippen LogP contribution in [0.3, 0.4) is 0 Å². The van der Waals surface area contributed by atoms with Gasteiger partial charge in [0.1, 0.15) is 0 Å². The minimum atomic E-state index is -0.664. The van der Waals surface area contributed by atoms with Crippen molar-refractivity contribution in [1.29, 1.82) is 0 Å². The summed E-state index contributed by atoms with van der Waals surface area (Å²) >= 11 is 0. The van der Waals surface area contributed by atoms with Gasteiger partial charge in [0, 0.05) is 12.8 Å². The van der Waals surface area contributed by atoms with Crippen molar-refractivity contribution in [3.8, 4) is 0 Å². The second-order valence-corrected chi connectivity index (χ2v) is 18.9. The molecule has 0 aliphatic carbocycles. The van der Waals surface area contributed by atoms with E-state index in [2.05, 4.69) is 19.2 Å². The summed E-state index contributed by atoms with van der Waals surface area (Å²) in [6.07, 6.45) is 56.6. The number of hydrogen-bond acceptors (Lipinski definition) is 5. The zero-order valence-corrected chi connectivity index (χ0v) is 40.7. The summed E-state index contributed by atoms with van der Waals surface area (Å²) in [7, 11) is 0. The molecule has 0 heterocycles. The average Bonchev–Trinajstić information content (AvgIpc) is 3.25. The van der Waals surface area contributed by atoms with Gasteiger partial charge in [-0.2, -0.15) is 0 Å². The Morgan fingerprint density at radius 2 is 0.683 bits per heavy atom. The van der Waals surface area contributed by atoms with Gasteiger partial charge in [0.15, 0.2) is 0 Å². The van der Waals surface area contributed by atoms with Crippen LogP contribution in [0.15, 0.2) is 0 Å². The maximum atomic E-state index is 12.4. The quantitative estimate of drug-likeness (QED) is 0.0418. The number of carbonyl (C=O) groups excluding carboxylic acids is 2. The highest BCUT2D eigenvalue weighted by Crippen LogP contribution is 2.17. The van der Waals surface area contributed by atoms with Gasteiger partial charge in [0.25, 0.3) is 0 Å². The van der Waals surface area contributed by atoms with Crippen LogP contribution < -0.4 is 5.32 Å². The minimum absolute atomic E-state index is 0.00967. The zero-order valence-electron chi connectivity index (χ0n) is 40.7. The number of amides is 1. The molecule has 0 radical (unpaired) electrons. The van der Waals surface area contributed by atoms with E-state index in [9.17, 15) is 19.8 Å². The molecule has 0 aromatic carbocycles. The van der Waals surface area contributed by atoms with Crippen LogP contribution in [0.4, 0.5) is 0 Å². The van der Waals surface area contributed by atoms with Crippen LogP contribution in [0.1, 0.15) is 309 Å². The number of hydrogen-bond donors (Lipinski definition) is 3. The molecular weight excluding hydrogens is 743 g/mol. The van der Waals surface area contributed by atoms with Crippen molar-refractivity contribution in [3.63, 3.8) is 0 Å². The number of nitrogens with one attached hydrogen (secondary N) is 1. The molecule has 358 valence electrons. The van der Waals surface area contributed by atoms with E-state index in [0.717, 1.165) is 38.5 Å². The van der Waals surface area contributed by atoms with E-state index in [0.29, 0.717) is 25.9 Å². The van der Waals surface area contributed by atoms with Crippen molar-refractivity contribution in [1.82, 2.24) is 5.32 Å². The number of aliphatic hydroxyl groups excluding tert-OH is 2. The molecule has 6 nitrogen and oxygen atoms in total. The Hall–Kier alpha value is -1.14. The molecule has 0 spiro atoms. The van der Waals surface area contributed by atoms with Crippen molar-refractivity contribution in [2.75, 3.05) is 13.2 Å². The molecule has 60 heavy (non-hydrogen) atoms. The first-order chi connectivity index (χ1) is 29.5. The first-order valence-corrected chi connectivity index (χ1v) is 27.3. The van der Waals surface area contributed by atoms with E-state index in [1.54, 1.807) is 0 Å². The summed E-state index contributed by atoms with van der Waals surface area (Å²) in [6.45, 7) is 4.94. The molecular formula is C54H107NO5. The van der Waals surface area contributed by atoms with E-state index in [1.165, 1.54) is 238 Å². The highest BCUT2D eigenvalue weighted by Gasteiger charge is 2.20. The number of rotatable bonds is 51. The normalized spacial score (nSPS) is 12.5. The lowest BCUT2D eigenvalue weighted by Gasteiger charge is -2.22. The predicted octanol–water partition coefficient (Wildman–Crippen LogP) is 16.4. The maximum Gasteiger partial charge on any atom is 0.305 e. The van der Waals surface area contributed by atoms with E-state index < -0.39 is 12.1 Å². The van der Waals surface area contributed by atoms with Crippen molar-refractivity contribution in [2.24, 2.45) is 0 Å². The van der Waals surface area contributed by atoms with Crippen molar-refractivity contribution in [2.45, 2.75) is 321 Å². The highest BCUT2D eigenvalue weighted by molar-refractivity contribution is 5.76. The van der Waals surface area contributed by atoms with Crippen LogP contribution in [0, 0.1) is 0 Å². The van der Waals surface area contributed by atoms with Gasteiger partial charge in [-0.05, 0) is 25.7 Å².